The molecule has 1 saturated carbocycles. The van der Waals surface area contributed by atoms with Crippen LogP contribution in [-0.4, -0.2) is 35.1 Å². The van der Waals surface area contributed by atoms with Gasteiger partial charge in [-0.2, -0.15) is 0 Å². The zero-order chi connectivity index (χ0) is 20.5. The number of carboxylic acid groups (broad SMARTS) is 1. The van der Waals surface area contributed by atoms with E-state index in [1.54, 1.807) is 0 Å². The fraction of sp³-hybridized carbons (Fsp3) is 0.682. The summed E-state index contributed by atoms with van der Waals surface area (Å²) in [4.78, 5) is 10.5. The van der Waals surface area contributed by atoms with Crippen LogP contribution in [0.5, 0.6) is 0 Å². The van der Waals surface area contributed by atoms with Gasteiger partial charge in [-0.25, -0.2) is 0 Å². The molecule has 1 fully saturated rings. The second-order valence-corrected chi connectivity index (χ2v) is 9.42. The third-order valence-corrected chi connectivity index (χ3v) is 6.71. The lowest BCUT2D eigenvalue weighted by Gasteiger charge is -2.24. The van der Waals surface area contributed by atoms with Crippen molar-refractivity contribution in [3.63, 3.8) is 0 Å². The van der Waals surface area contributed by atoms with E-state index >= 15 is 0 Å². The highest BCUT2D eigenvalue weighted by molar-refractivity contribution is 7.39. The second-order valence-electron chi connectivity index (χ2n) is 8.13. The van der Waals surface area contributed by atoms with Crippen LogP contribution in [0.3, 0.4) is 0 Å². The van der Waals surface area contributed by atoms with Gasteiger partial charge in [-0.1, -0.05) is 49.8 Å². The molecule has 6 heteroatoms. The van der Waals surface area contributed by atoms with Crippen LogP contribution in [0.1, 0.15) is 67.2 Å². The maximum absolute atomic E-state index is 11.9. The van der Waals surface area contributed by atoms with Crippen molar-refractivity contribution in [3.05, 3.63) is 34.4 Å². The molecule has 5 nitrogen and oxygen atoms in total. The molecule has 0 aliphatic heterocycles. The van der Waals surface area contributed by atoms with Crippen LogP contribution in [0.15, 0.2) is 12.1 Å². The molecule has 2 atom stereocenters. The molecule has 1 aromatic rings. The Labute approximate surface area is 169 Å². The van der Waals surface area contributed by atoms with Gasteiger partial charge in [0.05, 0.1) is 6.42 Å². The topological polar surface area (TPSA) is 83.8 Å². The van der Waals surface area contributed by atoms with Crippen LogP contribution < -0.4 is 0 Å². The summed E-state index contributed by atoms with van der Waals surface area (Å²) < 4.78 is 17.2. The standard InChI is InChI=1S/C22H33O5P/c1-16-11-17(2)21(19(12-16)13-18-7-4-3-5-8-18)9-6-10-27-28(26)15-20(23)14-22(24)25/h11-12,18,20,23H,3-10,13-15H2,1-2H3/p+1/t20-/m0/s1. The van der Waals surface area contributed by atoms with E-state index in [-0.39, 0.29) is 6.16 Å². The monoisotopic (exact) mass is 409 g/mol. The number of aliphatic hydroxyl groups excluding tert-OH is 1. The molecule has 28 heavy (non-hydrogen) atoms. The summed E-state index contributed by atoms with van der Waals surface area (Å²) >= 11 is 0. The van der Waals surface area contributed by atoms with Crippen LogP contribution in [0.25, 0.3) is 0 Å². The Morgan fingerprint density at radius 2 is 1.96 bits per heavy atom. The Morgan fingerprint density at radius 1 is 1.25 bits per heavy atom. The summed E-state index contributed by atoms with van der Waals surface area (Å²) in [7, 11) is -2.03. The fourth-order valence-corrected chi connectivity index (χ4v) is 5.15. The minimum Gasteiger partial charge on any atom is -0.481 e. The van der Waals surface area contributed by atoms with Gasteiger partial charge in [0, 0.05) is 0 Å². The van der Waals surface area contributed by atoms with Gasteiger partial charge in [-0.3, -0.25) is 4.79 Å². The molecular formula is C22H34O5P+. The van der Waals surface area contributed by atoms with Crippen molar-refractivity contribution in [2.24, 2.45) is 5.92 Å². The molecule has 0 spiro atoms. The summed E-state index contributed by atoms with van der Waals surface area (Å²) in [6, 6.07) is 4.55. The molecule has 1 aromatic carbocycles. The number of benzene rings is 1. The highest BCUT2D eigenvalue weighted by Gasteiger charge is 2.25. The van der Waals surface area contributed by atoms with Crippen molar-refractivity contribution >= 4 is 14.0 Å². The lowest BCUT2D eigenvalue weighted by molar-refractivity contribution is -0.138. The molecule has 0 radical (unpaired) electrons. The van der Waals surface area contributed by atoms with Crippen molar-refractivity contribution < 1.29 is 24.1 Å². The molecule has 0 saturated heterocycles. The van der Waals surface area contributed by atoms with Crippen LogP contribution in [0.2, 0.25) is 0 Å². The normalized spacial score (nSPS) is 16.8. The number of aryl methyl sites for hydroxylation is 2. The van der Waals surface area contributed by atoms with Gasteiger partial charge < -0.3 is 10.2 Å². The van der Waals surface area contributed by atoms with Crippen LogP contribution in [0.4, 0.5) is 0 Å². The first kappa shape index (κ1) is 23.0. The third-order valence-electron chi connectivity index (χ3n) is 5.52. The Kier molecular flexibility index (Phi) is 9.57. The zero-order valence-electron chi connectivity index (χ0n) is 17.2. The predicted octanol–water partition coefficient (Wildman–Crippen LogP) is 4.95. The quantitative estimate of drug-likeness (QED) is 0.399. The average molecular weight is 409 g/mol. The van der Waals surface area contributed by atoms with Crippen molar-refractivity contribution in [1.82, 2.24) is 0 Å². The minimum absolute atomic E-state index is 0.127. The van der Waals surface area contributed by atoms with E-state index < -0.39 is 26.5 Å². The maximum atomic E-state index is 11.9. The molecule has 0 amide bonds. The van der Waals surface area contributed by atoms with Crippen LogP contribution in [0, 0.1) is 19.8 Å². The lowest BCUT2D eigenvalue weighted by atomic mass is 9.82. The Morgan fingerprint density at radius 3 is 2.64 bits per heavy atom. The second kappa shape index (κ2) is 11.6. The molecule has 1 unspecified atom stereocenters. The van der Waals surface area contributed by atoms with Gasteiger partial charge in [0.2, 0.25) is 6.16 Å². The van der Waals surface area contributed by atoms with Crippen LogP contribution >= 0.6 is 8.03 Å². The van der Waals surface area contributed by atoms with Gasteiger partial charge in [-0.05, 0) is 60.3 Å². The third kappa shape index (κ3) is 7.98. The first-order valence-electron chi connectivity index (χ1n) is 10.4. The summed E-state index contributed by atoms with van der Waals surface area (Å²) in [5, 5.41) is 18.2. The molecule has 1 aliphatic rings. The largest absolute Gasteiger partial charge is 0.510 e. The van der Waals surface area contributed by atoms with E-state index in [1.807, 2.05) is 0 Å². The highest BCUT2D eigenvalue weighted by Crippen LogP contribution is 2.30. The number of aliphatic hydroxyl groups is 1. The van der Waals surface area contributed by atoms with Crippen molar-refractivity contribution in [1.29, 1.82) is 0 Å². The molecule has 0 bridgehead atoms. The first-order valence-corrected chi connectivity index (χ1v) is 11.8. The molecule has 156 valence electrons. The number of hydrogen-bond acceptors (Lipinski definition) is 4. The first-order chi connectivity index (χ1) is 13.3. The number of rotatable bonds is 11. The molecule has 2 N–H and O–H groups in total. The number of carbonyl (C=O) groups is 1. The van der Waals surface area contributed by atoms with Gasteiger partial charge in [0.25, 0.3) is 0 Å². The lowest BCUT2D eigenvalue weighted by Crippen LogP contribution is -2.15. The molecule has 1 aliphatic carbocycles. The summed E-state index contributed by atoms with van der Waals surface area (Å²) in [6.45, 7) is 4.67. The smallest absolute Gasteiger partial charge is 0.481 e. The summed E-state index contributed by atoms with van der Waals surface area (Å²) in [5.41, 5.74) is 5.46. The maximum Gasteiger partial charge on any atom is 0.510 e. The molecule has 0 aromatic heterocycles. The number of aliphatic carboxylic acids is 1. The van der Waals surface area contributed by atoms with Crippen molar-refractivity contribution in [3.8, 4) is 0 Å². The Hall–Kier alpha value is -1.29. The Balaban J connectivity index is 1.85. The number of hydrogen-bond donors (Lipinski definition) is 2. The summed E-state index contributed by atoms with van der Waals surface area (Å²) in [6.07, 6.45) is 7.86. The minimum atomic E-state index is -2.03. The van der Waals surface area contributed by atoms with Gasteiger partial charge in [-0.15, -0.1) is 4.52 Å². The Bertz CT molecular complexity index is 667. The van der Waals surface area contributed by atoms with Gasteiger partial charge in [0.1, 0.15) is 12.7 Å². The predicted molar refractivity (Wildman–Crippen MR) is 111 cm³/mol. The molecule has 0 heterocycles. The van der Waals surface area contributed by atoms with Gasteiger partial charge in [0.15, 0.2) is 0 Å². The van der Waals surface area contributed by atoms with Crippen molar-refractivity contribution in [2.75, 3.05) is 12.8 Å². The van der Waals surface area contributed by atoms with E-state index in [0.717, 1.165) is 25.2 Å². The molecular weight excluding hydrogens is 375 g/mol. The molecule has 2 rings (SSSR count). The summed E-state index contributed by atoms with van der Waals surface area (Å²) in [5.74, 6) is -0.314. The van der Waals surface area contributed by atoms with E-state index in [1.165, 1.54) is 54.4 Å². The van der Waals surface area contributed by atoms with E-state index in [2.05, 4.69) is 26.0 Å². The SMILES string of the molecule is Cc1cc(C)c(CCCO[P+](=O)C[C@@H](O)CC(=O)O)c(CC2CCCCC2)c1. The van der Waals surface area contributed by atoms with Crippen molar-refractivity contribution in [2.45, 2.75) is 77.7 Å². The highest BCUT2D eigenvalue weighted by atomic mass is 31.1. The van der Waals surface area contributed by atoms with Gasteiger partial charge >= 0.3 is 14.0 Å². The number of carboxylic acids is 1. The van der Waals surface area contributed by atoms with E-state index in [9.17, 15) is 14.5 Å². The van der Waals surface area contributed by atoms with E-state index in [4.69, 9.17) is 9.63 Å². The fourth-order valence-electron chi connectivity index (χ4n) is 4.23. The van der Waals surface area contributed by atoms with E-state index in [0.29, 0.717) is 6.61 Å². The zero-order valence-corrected chi connectivity index (χ0v) is 18.0. The van der Waals surface area contributed by atoms with Crippen LogP contribution in [-0.2, 0) is 26.7 Å². The average Bonchev–Trinajstić information content (AvgIpc) is 2.60.